The molecule has 8 heteroatoms. The Kier molecular flexibility index (Phi) is 5.18. The largest absolute Gasteiger partial charge is 0.504 e. The monoisotopic (exact) mass is 360 g/mol. The molecule has 0 fully saturated rings. The van der Waals surface area contributed by atoms with Crippen LogP contribution in [0.4, 0.5) is 0 Å². The predicted octanol–water partition coefficient (Wildman–Crippen LogP) is 1.45. The van der Waals surface area contributed by atoms with Gasteiger partial charge in [-0.3, -0.25) is 4.79 Å². The summed E-state index contributed by atoms with van der Waals surface area (Å²) >= 11 is 0. The molecular formula is C18H16O8. The number of aliphatic carboxylic acids is 1. The van der Waals surface area contributed by atoms with Crippen molar-refractivity contribution in [3.63, 3.8) is 0 Å². The fraction of sp³-hybridized carbons (Fsp3) is 0.111. The first-order valence-corrected chi connectivity index (χ1v) is 7.34. The van der Waals surface area contributed by atoms with Crippen molar-refractivity contribution in [2.24, 2.45) is 0 Å². The summed E-state index contributed by atoms with van der Waals surface area (Å²) in [6.45, 7) is 0. The van der Waals surface area contributed by atoms with Crippen molar-refractivity contribution in [3.05, 3.63) is 53.6 Å². The molecule has 0 bridgehead atoms. The summed E-state index contributed by atoms with van der Waals surface area (Å²) in [5.41, 5.74) is -2.51. The molecule has 26 heavy (non-hydrogen) atoms. The van der Waals surface area contributed by atoms with E-state index in [1.54, 1.807) is 0 Å². The van der Waals surface area contributed by atoms with Gasteiger partial charge in [-0.05, 0) is 41.5 Å². The van der Waals surface area contributed by atoms with Gasteiger partial charge in [0.2, 0.25) is 0 Å². The molecule has 0 aromatic heterocycles. The molecule has 8 nitrogen and oxygen atoms in total. The van der Waals surface area contributed by atoms with E-state index in [0.29, 0.717) is 5.56 Å². The first-order chi connectivity index (χ1) is 12.1. The molecule has 0 spiro atoms. The molecule has 1 unspecified atom stereocenters. The third-order valence-electron chi connectivity index (χ3n) is 3.70. The second-order valence-corrected chi connectivity index (χ2v) is 5.59. The number of aliphatic hydroxyl groups is 1. The molecule has 2 aromatic carbocycles. The second kappa shape index (κ2) is 7.16. The zero-order valence-electron chi connectivity index (χ0n) is 13.3. The van der Waals surface area contributed by atoms with Gasteiger partial charge in [-0.2, -0.15) is 0 Å². The van der Waals surface area contributed by atoms with Crippen molar-refractivity contribution in [2.75, 3.05) is 0 Å². The normalized spacial score (nSPS) is 13.4. The second-order valence-electron chi connectivity index (χ2n) is 5.59. The van der Waals surface area contributed by atoms with Crippen LogP contribution in [0.2, 0.25) is 0 Å². The Balaban J connectivity index is 2.24. The van der Waals surface area contributed by atoms with E-state index in [2.05, 4.69) is 0 Å². The third-order valence-corrected chi connectivity index (χ3v) is 3.70. The molecule has 0 saturated heterocycles. The van der Waals surface area contributed by atoms with E-state index in [4.69, 9.17) is 0 Å². The van der Waals surface area contributed by atoms with Gasteiger partial charge < -0.3 is 30.6 Å². The minimum atomic E-state index is -2.61. The molecular weight excluding hydrogens is 344 g/mol. The maximum absolute atomic E-state index is 12.1. The summed E-state index contributed by atoms with van der Waals surface area (Å²) in [6.07, 6.45) is 1.46. The van der Waals surface area contributed by atoms with Crippen LogP contribution in [0.3, 0.4) is 0 Å². The Labute approximate surface area is 147 Å². The number of hydrogen-bond donors (Lipinski definition) is 6. The maximum atomic E-state index is 12.1. The molecule has 0 radical (unpaired) electrons. The average molecular weight is 360 g/mol. The number of phenolic OH excluding ortho intramolecular Hbond substituents is 4. The standard InChI is InChI=1S/C18H16O8/c19-12(4-1-10-2-5-13(20)15(22)7-10)9-18(26,17(24)25)11-3-6-14(21)16(23)8-11/h1-8,20-23,26H,9H2,(H,24,25)/b4-1+. The van der Waals surface area contributed by atoms with E-state index in [1.807, 2.05) is 0 Å². The van der Waals surface area contributed by atoms with Gasteiger partial charge in [-0.25, -0.2) is 4.79 Å². The number of carbonyl (C=O) groups excluding carboxylic acids is 1. The molecule has 0 aliphatic rings. The zero-order valence-corrected chi connectivity index (χ0v) is 13.3. The van der Waals surface area contributed by atoms with Gasteiger partial charge in [-0.15, -0.1) is 0 Å². The lowest BCUT2D eigenvalue weighted by Gasteiger charge is -2.23. The molecule has 0 amide bonds. The Morgan fingerprint density at radius 3 is 2.00 bits per heavy atom. The molecule has 6 N–H and O–H groups in total. The predicted molar refractivity (Wildman–Crippen MR) is 89.7 cm³/mol. The third kappa shape index (κ3) is 3.93. The fourth-order valence-corrected chi connectivity index (χ4v) is 2.23. The topological polar surface area (TPSA) is 156 Å². The van der Waals surface area contributed by atoms with Crippen molar-refractivity contribution in [2.45, 2.75) is 12.0 Å². The molecule has 2 aromatic rings. The molecule has 0 aliphatic heterocycles. The number of benzene rings is 2. The molecule has 0 saturated carbocycles. The van der Waals surface area contributed by atoms with Gasteiger partial charge in [0.15, 0.2) is 34.4 Å². The van der Waals surface area contributed by atoms with Crippen molar-refractivity contribution in [3.8, 4) is 23.0 Å². The van der Waals surface area contributed by atoms with E-state index in [0.717, 1.165) is 24.3 Å². The molecule has 1 atom stereocenters. The fourth-order valence-electron chi connectivity index (χ4n) is 2.23. The summed E-state index contributed by atoms with van der Waals surface area (Å²) in [7, 11) is 0. The van der Waals surface area contributed by atoms with Gasteiger partial charge in [0.05, 0.1) is 6.42 Å². The quantitative estimate of drug-likeness (QED) is 0.334. The number of ketones is 1. The maximum Gasteiger partial charge on any atom is 0.340 e. The van der Waals surface area contributed by atoms with Crippen LogP contribution in [0.15, 0.2) is 42.5 Å². The number of carbonyl (C=O) groups is 2. The highest BCUT2D eigenvalue weighted by Gasteiger charge is 2.40. The van der Waals surface area contributed by atoms with Gasteiger partial charge in [0.1, 0.15) is 0 Å². The van der Waals surface area contributed by atoms with Crippen LogP contribution in [0.5, 0.6) is 23.0 Å². The minimum absolute atomic E-state index is 0.274. The molecule has 136 valence electrons. The lowest BCUT2D eigenvalue weighted by molar-refractivity contribution is -0.162. The van der Waals surface area contributed by atoms with E-state index in [1.165, 1.54) is 24.3 Å². The summed E-state index contributed by atoms with van der Waals surface area (Å²) in [5, 5.41) is 57.1. The van der Waals surface area contributed by atoms with Crippen LogP contribution in [-0.4, -0.2) is 42.4 Å². The van der Waals surface area contributed by atoms with E-state index >= 15 is 0 Å². The average Bonchev–Trinajstić information content (AvgIpc) is 2.58. The summed E-state index contributed by atoms with van der Waals surface area (Å²) in [4.78, 5) is 23.6. The van der Waals surface area contributed by atoms with Crippen LogP contribution in [-0.2, 0) is 15.2 Å². The summed E-state index contributed by atoms with van der Waals surface area (Å²) in [6, 6.07) is 6.77. The van der Waals surface area contributed by atoms with Gasteiger partial charge in [0, 0.05) is 0 Å². The van der Waals surface area contributed by atoms with Gasteiger partial charge in [-0.1, -0.05) is 18.2 Å². The van der Waals surface area contributed by atoms with E-state index in [9.17, 15) is 40.2 Å². The molecule has 2 rings (SSSR count). The highest BCUT2D eigenvalue weighted by Crippen LogP contribution is 2.33. The smallest absolute Gasteiger partial charge is 0.340 e. The SMILES string of the molecule is O=C(/C=C/c1ccc(O)c(O)c1)CC(O)(C(=O)O)c1ccc(O)c(O)c1. The number of allylic oxidation sites excluding steroid dienone is 1. The van der Waals surface area contributed by atoms with Crippen molar-refractivity contribution < 1.29 is 40.2 Å². The highest BCUT2D eigenvalue weighted by molar-refractivity contribution is 5.98. The Hall–Kier alpha value is -3.52. The number of rotatable bonds is 6. The minimum Gasteiger partial charge on any atom is -0.504 e. The first kappa shape index (κ1) is 18.8. The summed E-state index contributed by atoms with van der Waals surface area (Å²) < 4.78 is 0. The number of carboxylic acids is 1. The van der Waals surface area contributed by atoms with Crippen LogP contribution in [0.1, 0.15) is 17.5 Å². The van der Waals surface area contributed by atoms with Crippen LogP contribution >= 0.6 is 0 Å². The molecule has 0 heterocycles. The Bertz CT molecular complexity index is 887. The number of phenols is 4. The van der Waals surface area contributed by atoms with Crippen molar-refractivity contribution >= 4 is 17.8 Å². The Morgan fingerprint density at radius 2 is 1.46 bits per heavy atom. The lowest BCUT2D eigenvalue weighted by atomic mass is 9.88. The van der Waals surface area contributed by atoms with E-state index < -0.39 is 35.3 Å². The van der Waals surface area contributed by atoms with Crippen LogP contribution in [0, 0.1) is 0 Å². The van der Waals surface area contributed by atoms with Crippen molar-refractivity contribution in [1.29, 1.82) is 0 Å². The van der Waals surface area contributed by atoms with E-state index in [-0.39, 0.29) is 17.1 Å². The number of aromatic hydroxyl groups is 4. The first-order valence-electron chi connectivity index (χ1n) is 7.34. The van der Waals surface area contributed by atoms with Gasteiger partial charge >= 0.3 is 5.97 Å². The van der Waals surface area contributed by atoms with Gasteiger partial charge in [0.25, 0.3) is 0 Å². The molecule has 0 aliphatic carbocycles. The highest BCUT2D eigenvalue weighted by atomic mass is 16.4. The lowest BCUT2D eigenvalue weighted by Crippen LogP contribution is -2.37. The summed E-state index contributed by atoms with van der Waals surface area (Å²) in [5.74, 6) is -4.30. The Morgan fingerprint density at radius 1 is 0.885 bits per heavy atom. The van der Waals surface area contributed by atoms with Crippen LogP contribution < -0.4 is 0 Å². The zero-order chi connectivity index (χ0) is 19.5. The number of carboxylic acid groups (broad SMARTS) is 1. The van der Waals surface area contributed by atoms with Crippen LogP contribution in [0.25, 0.3) is 6.08 Å². The van der Waals surface area contributed by atoms with Crippen molar-refractivity contribution in [1.82, 2.24) is 0 Å². The number of hydrogen-bond acceptors (Lipinski definition) is 7.